The number of fused-ring (bicyclic) bond motifs is 6. The number of rotatable bonds is 4. The van der Waals surface area contributed by atoms with Crippen molar-refractivity contribution in [3.05, 3.63) is 137 Å². The van der Waals surface area contributed by atoms with Crippen molar-refractivity contribution in [2.75, 3.05) is 4.90 Å². The van der Waals surface area contributed by atoms with E-state index < -0.39 is 0 Å². The third-order valence-corrected chi connectivity index (χ3v) is 10.3. The molecule has 2 heterocycles. The molecule has 6 aromatic carbocycles. The lowest BCUT2D eigenvalue weighted by atomic mass is 10.0. The van der Waals surface area contributed by atoms with E-state index in [0.29, 0.717) is 10.0 Å². The molecule has 2 aromatic heterocycles. The number of anilines is 3. The fourth-order valence-corrected chi connectivity index (χ4v) is 8.41. The van der Waals surface area contributed by atoms with Gasteiger partial charge in [0, 0.05) is 67.5 Å². The molecular formula is C36H21Cl2NS2. The van der Waals surface area contributed by atoms with Crippen LogP contribution >= 0.6 is 45.9 Å². The molecule has 5 heteroatoms. The van der Waals surface area contributed by atoms with E-state index in [0.717, 1.165) is 28.2 Å². The van der Waals surface area contributed by atoms with Crippen LogP contribution in [-0.2, 0) is 0 Å². The number of benzene rings is 6. The molecule has 0 bridgehead atoms. The van der Waals surface area contributed by atoms with Crippen molar-refractivity contribution in [2.24, 2.45) is 0 Å². The van der Waals surface area contributed by atoms with E-state index in [1.807, 2.05) is 34.8 Å². The molecule has 196 valence electrons. The van der Waals surface area contributed by atoms with Gasteiger partial charge in [0.15, 0.2) is 0 Å². The van der Waals surface area contributed by atoms with Crippen molar-refractivity contribution >= 4 is 103 Å². The molecule has 0 N–H and O–H groups in total. The van der Waals surface area contributed by atoms with Gasteiger partial charge in [-0.3, -0.25) is 0 Å². The summed E-state index contributed by atoms with van der Waals surface area (Å²) >= 11 is 16.3. The molecule has 8 aromatic rings. The van der Waals surface area contributed by atoms with E-state index in [-0.39, 0.29) is 0 Å². The highest BCUT2D eigenvalue weighted by molar-refractivity contribution is 7.26. The Labute approximate surface area is 255 Å². The molecule has 0 atom stereocenters. The zero-order chi connectivity index (χ0) is 27.5. The Bertz CT molecular complexity index is 2230. The maximum Gasteiger partial charge on any atom is 0.0476 e. The average molecular weight is 603 g/mol. The standard InChI is InChI=1S/C36H21Cl2NS2/c37-24-16-23(17-25(38)19-24)22-10-14-34-31(18-22)30-13-11-28(21-36(30)41-34)39(26-6-2-1-3-7-26)27-12-15-35-32(20-27)29-8-4-5-9-33(29)40-35/h1-21H. The second kappa shape index (κ2) is 9.90. The van der Waals surface area contributed by atoms with Crippen molar-refractivity contribution < 1.29 is 0 Å². The molecule has 0 amide bonds. The highest BCUT2D eigenvalue weighted by Gasteiger charge is 2.16. The first-order chi connectivity index (χ1) is 20.1. The van der Waals surface area contributed by atoms with Crippen LogP contribution in [0.4, 0.5) is 17.1 Å². The number of nitrogens with zero attached hydrogens (tertiary/aromatic N) is 1. The number of hydrogen-bond donors (Lipinski definition) is 0. The van der Waals surface area contributed by atoms with E-state index in [1.165, 1.54) is 40.3 Å². The minimum atomic E-state index is 0.641. The Morgan fingerprint density at radius 3 is 1.83 bits per heavy atom. The molecule has 0 unspecified atom stereocenters. The topological polar surface area (TPSA) is 3.24 Å². The monoisotopic (exact) mass is 601 g/mol. The van der Waals surface area contributed by atoms with Gasteiger partial charge >= 0.3 is 0 Å². The van der Waals surface area contributed by atoms with Gasteiger partial charge in [-0.05, 0) is 90.0 Å². The van der Waals surface area contributed by atoms with Gasteiger partial charge in [0.25, 0.3) is 0 Å². The molecule has 1 nitrogen and oxygen atoms in total. The number of para-hydroxylation sites is 1. The highest BCUT2D eigenvalue weighted by atomic mass is 35.5. The Kier molecular flexibility index (Phi) is 6.01. The second-order valence-corrected chi connectivity index (χ2v) is 13.1. The quantitative estimate of drug-likeness (QED) is 0.194. The van der Waals surface area contributed by atoms with Crippen LogP contribution < -0.4 is 4.90 Å². The van der Waals surface area contributed by atoms with Gasteiger partial charge in [0.1, 0.15) is 0 Å². The van der Waals surface area contributed by atoms with Gasteiger partial charge in [-0.25, -0.2) is 0 Å². The zero-order valence-electron chi connectivity index (χ0n) is 21.6. The largest absolute Gasteiger partial charge is 0.310 e. The predicted molar refractivity (Wildman–Crippen MR) is 182 cm³/mol. The lowest BCUT2D eigenvalue weighted by Crippen LogP contribution is -2.09. The summed E-state index contributed by atoms with van der Waals surface area (Å²) in [5.41, 5.74) is 5.54. The van der Waals surface area contributed by atoms with Crippen molar-refractivity contribution in [3.63, 3.8) is 0 Å². The van der Waals surface area contributed by atoms with Crippen LogP contribution in [0.2, 0.25) is 10.0 Å². The van der Waals surface area contributed by atoms with Crippen molar-refractivity contribution in [3.8, 4) is 11.1 Å². The van der Waals surface area contributed by atoms with Crippen LogP contribution in [0.25, 0.3) is 51.5 Å². The summed E-state index contributed by atoms with van der Waals surface area (Å²) in [7, 11) is 0. The lowest BCUT2D eigenvalue weighted by Gasteiger charge is -2.25. The molecule has 0 aliphatic rings. The Morgan fingerprint density at radius 1 is 0.390 bits per heavy atom. The Hall–Kier alpha value is -3.86. The number of hydrogen-bond acceptors (Lipinski definition) is 3. The first-order valence-electron chi connectivity index (χ1n) is 13.3. The Morgan fingerprint density at radius 2 is 1.00 bits per heavy atom. The molecule has 0 aliphatic carbocycles. The summed E-state index contributed by atoms with van der Waals surface area (Å²) in [6.45, 7) is 0. The molecule has 0 spiro atoms. The zero-order valence-corrected chi connectivity index (χ0v) is 24.8. The molecule has 0 fully saturated rings. The molecule has 0 radical (unpaired) electrons. The molecular weight excluding hydrogens is 581 g/mol. The fourth-order valence-electron chi connectivity index (χ4n) is 5.68. The highest BCUT2D eigenvalue weighted by Crippen LogP contribution is 2.43. The van der Waals surface area contributed by atoms with Gasteiger partial charge in [-0.2, -0.15) is 0 Å². The van der Waals surface area contributed by atoms with Crippen LogP contribution in [0.15, 0.2) is 127 Å². The van der Waals surface area contributed by atoms with E-state index in [1.54, 1.807) is 6.07 Å². The normalized spacial score (nSPS) is 11.7. The third kappa shape index (κ3) is 4.37. The van der Waals surface area contributed by atoms with Crippen LogP contribution in [-0.4, -0.2) is 0 Å². The van der Waals surface area contributed by atoms with E-state index in [9.17, 15) is 0 Å². The number of thiophene rings is 2. The summed E-state index contributed by atoms with van der Waals surface area (Å²) in [5.74, 6) is 0. The van der Waals surface area contributed by atoms with Crippen LogP contribution in [0, 0.1) is 0 Å². The van der Waals surface area contributed by atoms with Gasteiger partial charge in [0.2, 0.25) is 0 Å². The summed E-state index contributed by atoms with van der Waals surface area (Å²) in [6, 6.07) is 45.2. The predicted octanol–water partition coefficient (Wildman–Crippen LogP) is 12.9. The summed E-state index contributed by atoms with van der Waals surface area (Å²) in [4.78, 5) is 2.36. The second-order valence-electron chi connectivity index (χ2n) is 10.1. The maximum absolute atomic E-state index is 6.31. The van der Waals surface area contributed by atoms with E-state index >= 15 is 0 Å². The maximum atomic E-state index is 6.31. The van der Waals surface area contributed by atoms with Crippen molar-refractivity contribution in [2.45, 2.75) is 0 Å². The van der Waals surface area contributed by atoms with Crippen LogP contribution in [0.1, 0.15) is 0 Å². The van der Waals surface area contributed by atoms with Crippen LogP contribution in [0.3, 0.4) is 0 Å². The minimum Gasteiger partial charge on any atom is -0.310 e. The summed E-state index contributed by atoms with van der Waals surface area (Å²) in [6.07, 6.45) is 0. The molecule has 0 saturated heterocycles. The van der Waals surface area contributed by atoms with E-state index in [4.69, 9.17) is 23.2 Å². The molecule has 8 rings (SSSR count). The van der Waals surface area contributed by atoms with Crippen molar-refractivity contribution in [1.29, 1.82) is 0 Å². The first kappa shape index (κ1) is 24.9. The molecule has 0 saturated carbocycles. The lowest BCUT2D eigenvalue weighted by molar-refractivity contribution is 1.30. The minimum absolute atomic E-state index is 0.641. The molecule has 41 heavy (non-hydrogen) atoms. The van der Waals surface area contributed by atoms with Crippen LogP contribution in [0.5, 0.6) is 0 Å². The van der Waals surface area contributed by atoms with Gasteiger partial charge < -0.3 is 4.90 Å². The SMILES string of the molecule is Clc1cc(Cl)cc(-c2ccc3sc4cc(N(c5ccccc5)c5ccc6sc7ccccc7c6c5)ccc4c3c2)c1. The average Bonchev–Trinajstić information content (AvgIpc) is 3.54. The first-order valence-corrected chi connectivity index (χ1v) is 15.7. The van der Waals surface area contributed by atoms with Crippen molar-refractivity contribution in [1.82, 2.24) is 0 Å². The summed E-state index contributed by atoms with van der Waals surface area (Å²) < 4.78 is 5.13. The van der Waals surface area contributed by atoms with Gasteiger partial charge in [-0.15, -0.1) is 22.7 Å². The fraction of sp³-hybridized carbons (Fsp3) is 0. The summed E-state index contributed by atoms with van der Waals surface area (Å²) in [5, 5.41) is 6.36. The smallest absolute Gasteiger partial charge is 0.0476 e. The van der Waals surface area contributed by atoms with Gasteiger partial charge in [0.05, 0.1) is 0 Å². The molecule has 0 aliphatic heterocycles. The number of halogens is 2. The van der Waals surface area contributed by atoms with E-state index in [2.05, 4.69) is 114 Å². The third-order valence-electron chi connectivity index (χ3n) is 7.54. The van der Waals surface area contributed by atoms with Gasteiger partial charge in [-0.1, -0.05) is 71.7 Å². The Balaban J connectivity index is 1.28.